The Balaban J connectivity index is 3.16. The Morgan fingerprint density at radius 2 is 1.71 bits per heavy atom. The van der Waals surface area contributed by atoms with Crippen LogP contribution in [-0.2, 0) is 19.1 Å². The highest BCUT2D eigenvalue weighted by Gasteiger charge is 2.23. The summed E-state index contributed by atoms with van der Waals surface area (Å²) in [6, 6.07) is 7.23. The van der Waals surface area contributed by atoms with Crippen molar-refractivity contribution in [1.82, 2.24) is 0 Å². The normalized spacial score (nSPS) is 11.7. The highest BCUT2D eigenvalue weighted by Crippen LogP contribution is 2.23. The smallest absolute Gasteiger partial charge is 0.305 e. The molecule has 21 heavy (non-hydrogen) atoms. The fourth-order valence-electron chi connectivity index (χ4n) is 1.76. The predicted molar refractivity (Wildman–Crippen MR) is 81.6 cm³/mol. The third-order valence-corrected chi connectivity index (χ3v) is 2.90. The predicted octanol–water partition coefficient (Wildman–Crippen LogP) is 3.83. The lowest BCUT2D eigenvalue weighted by Gasteiger charge is -2.22. The zero-order valence-corrected chi connectivity index (χ0v) is 13.3. The van der Waals surface area contributed by atoms with E-state index in [9.17, 15) is 9.59 Å². The lowest BCUT2D eigenvalue weighted by molar-refractivity contribution is -0.178. The molecule has 0 aliphatic rings. The molecule has 0 unspecified atom stereocenters. The third kappa shape index (κ3) is 6.00. The van der Waals surface area contributed by atoms with Crippen molar-refractivity contribution >= 4 is 29.6 Å². The summed E-state index contributed by atoms with van der Waals surface area (Å²) in [6.45, 7) is 6.40. The van der Waals surface area contributed by atoms with Gasteiger partial charge in [-0.2, -0.15) is 0 Å². The second kappa shape index (κ2) is 7.84. The summed E-state index contributed by atoms with van der Waals surface area (Å²) < 4.78 is 10.2. The molecule has 0 amide bonds. The SMILES string of the molecule is CC(=O)OC(OC(C)=O)C(=Cc1cccc(Cl)c1)C(C)C. The number of hydrogen-bond donors (Lipinski definition) is 0. The first-order valence-corrected chi connectivity index (χ1v) is 6.99. The number of carbonyl (C=O) groups is 2. The zero-order chi connectivity index (χ0) is 16.0. The number of carbonyl (C=O) groups excluding carboxylic acids is 2. The van der Waals surface area contributed by atoms with Crippen LogP contribution < -0.4 is 0 Å². The van der Waals surface area contributed by atoms with E-state index in [1.165, 1.54) is 13.8 Å². The van der Waals surface area contributed by atoms with Crippen LogP contribution in [-0.4, -0.2) is 18.2 Å². The second-order valence-electron chi connectivity index (χ2n) is 4.90. The Kier molecular flexibility index (Phi) is 6.43. The number of benzene rings is 1. The number of esters is 2. The molecule has 114 valence electrons. The summed E-state index contributed by atoms with van der Waals surface area (Å²) >= 11 is 5.96. The van der Waals surface area contributed by atoms with Crippen molar-refractivity contribution in [2.24, 2.45) is 5.92 Å². The van der Waals surface area contributed by atoms with Crippen LogP contribution >= 0.6 is 11.6 Å². The van der Waals surface area contributed by atoms with E-state index in [0.29, 0.717) is 10.6 Å². The van der Waals surface area contributed by atoms with Crippen molar-refractivity contribution in [2.45, 2.75) is 34.0 Å². The van der Waals surface area contributed by atoms with Gasteiger partial charge in [-0.05, 0) is 29.7 Å². The highest BCUT2D eigenvalue weighted by molar-refractivity contribution is 6.30. The molecule has 0 aliphatic heterocycles. The molecule has 1 aromatic rings. The topological polar surface area (TPSA) is 52.6 Å². The Morgan fingerprint density at radius 3 is 2.14 bits per heavy atom. The van der Waals surface area contributed by atoms with Crippen LogP contribution in [0.15, 0.2) is 29.8 Å². The van der Waals surface area contributed by atoms with Crippen LogP contribution in [0.1, 0.15) is 33.3 Å². The monoisotopic (exact) mass is 310 g/mol. The van der Waals surface area contributed by atoms with Crippen LogP contribution in [0.25, 0.3) is 6.08 Å². The first-order chi connectivity index (χ1) is 9.79. The molecular formula is C16H19ClO4. The summed E-state index contributed by atoms with van der Waals surface area (Å²) in [5.74, 6) is -1.01. The Hall–Kier alpha value is -1.81. The van der Waals surface area contributed by atoms with Crippen LogP contribution in [0, 0.1) is 5.92 Å². The molecule has 0 aliphatic carbocycles. The summed E-state index contributed by atoms with van der Waals surface area (Å²) in [5, 5.41) is 0.600. The van der Waals surface area contributed by atoms with Crippen molar-refractivity contribution in [1.29, 1.82) is 0 Å². The largest absolute Gasteiger partial charge is 0.421 e. The fraction of sp³-hybridized carbons (Fsp3) is 0.375. The van der Waals surface area contributed by atoms with Crippen molar-refractivity contribution < 1.29 is 19.1 Å². The van der Waals surface area contributed by atoms with Crippen LogP contribution in [0.5, 0.6) is 0 Å². The van der Waals surface area contributed by atoms with Crippen LogP contribution in [0.4, 0.5) is 0 Å². The van der Waals surface area contributed by atoms with Gasteiger partial charge < -0.3 is 9.47 Å². The van der Waals surface area contributed by atoms with E-state index in [1.54, 1.807) is 12.1 Å². The van der Waals surface area contributed by atoms with E-state index in [2.05, 4.69) is 0 Å². The van der Waals surface area contributed by atoms with Crippen LogP contribution in [0.2, 0.25) is 5.02 Å². The van der Waals surface area contributed by atoms with Gasteiger partial charge in [-0.1, -0.05) is 37.6 Å². The van der Waals surface area contributed by atoms with Crippen molar-refractivity contribution in [3.05, 3.63) is 40.4 Å². The molecule has 0 heterocycles. The molecule has 0 aromatic heterocycles. The molecule has 0 atom stereocenters. The van der Waals surface area contributed by atoms with Crippen molar-refractivity contribution in [2.75, 3.05) is 0 Å². The van der Waals surface area contributed by atoms with E-state index in [-0.39, 0.29) is 5.92 Å². The van der Waals surface area contributed by atoms with E-state index in [1.807, 2.05) is 32.1 Å². The Bertz CT molecular complexity index is 533. The fourth-order valence-corrected chi connectivity index (χ4v) is 1.96. The molecule has 1 aromatic carbocycles. The first kappa shape index (κ1) is 17.2. The lowest BCUT2D eigenvalue weighted by atomic mass is 9.99. The minimum atomic E-state index is -1.03. The minimum absolute atomic E-state index is 0.0210. The summed E-state index contributed by atoms with van der Waals surface area (Å²) in [6.07, 6.45) is 0.784. The molecule has 0 saturated heterocycles. The van der Waals surface area contributed by atoms with E-state index >= 15 is 0 Å². The molecule has 0 spiro atoms. The average molecular weight is 311 g/mol. The summed E-state index contributed by atoms with van der Waals surface area (Å²) in [4.78, 5) is 22.4. The van der Waals surface area contributed by atoms with Crippen molar-refractivity contribution in [3.63, 3.8) is 0 Å². The van der Waals surface area contributed by atoms with Gasteiger partial charge in [-0.15, -0.1) is 0 Å². The van der Waals surface area contributed by atoms with Gasteiger partial charge in [-0.25, -0.2) is 0 Å². The minimum Gasteiger partial charge on any atom is -0.421 e. The van der Waals surface area contributed by atoms with Gasteiger partial charge >= 0.3 is 11.9 Å². The van der Waals surface area contributed by atoms with Gasteiger partial charge in [0.2, 0.25) is 0 Å². The van der Waals surface area contributed by atoms with E-state index < -0.39 is 18.2 Å². The Morgan fingerprint density at radius 1 is 1.14 bits per heavy atom. The third-order valence-electron chi connectivity index (χ3n) is 2.67. The molecule has 4 nitrogen and oxygen atoms in total. The maximum Gasteiger partial charge on any atom is 0.305 e. The molecule has 0 radical (unpaired) electrons. The van der Waals surface area contributed by atoms with Crippen molar-refractivity contribution in [3.8, 4) is 0 Å². The second-order valence-corrected chi connectivity index (χ2v) is 5.34. The van der Waals surface area contributed by atoms with Gasteiger partial charge in [0.15, 0.2) is 0 Å². The molecule has 5 heteroatoms. The molecule has 0 fully saturated rings. The van der Waals surface area contributed by atoms with E-state index in [4.69, 9.17) is 21.1 Å². The lowest BCUT2D eigenvalue weighted by Crippen LogP contribution is -2.26. The molecule has 0 bridgehead atoms. The van der Waals surface area contributed by atoms with Crippen LogP contribution in [0.3, 0.4) is 0 Å². The quantitative estimate of drug-likeness (QED) is 0.612. The van der Waals surface area contributed by atoms with Gasteiger partial charge in [0.1, 0.15) is 0 Å². The van der Waals surface area contributed by atoms with Gasteiger partial charge in [-0.3, -0.25) is 9.59 Å². The molecule has 0 saturated carbocycles. The Labute approximate surface area is 129 Å². The number of rotatable bonds is 5. The van der Waals surface area contributed by atoms with E-state index in [0.717, 1.165) is 5.56 Å². The van der Waals surface area contributed by atoms with Gasteiger partial charge in [0.05, 0.1) is 0 Å². The molecule has 1 rings (SSSR count). The van der Waals surface area contributed by atoms with Gasteiger partial charge in [0, 0.05) is 24.4 Å². The number of halogens is 1. The maximum absolute atomic E-state index is 11.2. The van der Waals surface area contributed by atoms with Gasteiger partial charge in [0.25, 0.3) is 6.29 Å². The number of hydrogen-bond acceptors (Lipinski definition) is 4. The molecular weight excluding hydrogens is 292 g/mol. The molecule has 0 N–H and O–H groups in total. The maximum atomic E-state index is 11.2. The first-order valence-electron chi connectivity index (χ1n) is 6.61. The zero-order valence-electron chi connectivity index (χ0n) is 12.6. The average Bonchev–Trinajstić information content (AvgIpc) is 2.33. The summed E-state index contributed by atoms with van der Waals surface area (Å²) in [7, 11) is 0. The standard InChI is InChI=1S/C16H19ClO4/c1-10(2)15(9-13-6-5-7-14(17)8-13)16(20-11(3)18)21-12(4)19/h5-10,16H,1-4H3. The summed E-state index contributed by atoms with van der Waals surface area (Å²) in [5.41, 5.74) is 1.53. The highest BCUT2D eigenvalue weighted by atomic mass is 35.5. The number of ether oxygens (including phenoxy) is 2.